The zero-order valence-electron chi connectivity index (χ0n) is 10.2. The van der Waals surface area contributed by atoms with Crippen molar-refractivity contribution in [2.75, 3.05) is 0 Å². The summed E-state index contributed by atoms with van der Waals surface area (Å²) >= 11 is 3.60. The first-order chi connectivity index (χ1) is 9.38. The van der Waals surface area contributed by atoms with Crippen LogP contribution in [-0.4, -0.2) is 0 Å². The Balaban J connectivity index is 2.06. The maximum atomic E-state index is 3.72. The lowest BCUT2D eigenvalue weighted by atomic mass is 9.86. The summed E-state index contributed by atoms with van der Waals surface area (Å²) in [5.41, 5.74) is -0.188. The Hall–Kier alpha value is -1.64. The van der Waals surface area contributed by atoms with Gasteiger partial charge in [0.15, 0.2) is 0 Å². The van der Waals surface area contributed by atoms with Crippen LogP contribution in [0.4, 0.5) is 0 Å². The molecule has 0 saturated carbocycles. The van der Waals surface area contributed by atoms with Crippen LogP contribution in [0.3, 0.4) is 0 Å². The summed E-state index contributed by atoms with van der Waals surface area (Å²) in [4.78, 5) is 2.68. The molecule has 2 heterocycles. The van der Waals surface area contributed by atoms with Crippen molar-refractivity contribution in [3.63, 3.8) is 0 Å². The SMILES string of the molecule is [C]1=c2ccccc2=CC1(c1cccs1)c1cccs1. The van der Waals surface area contributed by atoms with Gasteiger partial charge in [0, 0.05) is 9.75 Å². The van der Waals surface area contributed by atoms with Crippen molar-refractivity contribution in [2.45, 2.75) is 5.41 Å². The van der Waals surface area contributed by atoms with E-state index in [2.05, 4.69) is 71.4 Å². The average Bonchev–Trinajstić information content (AvgIpc) is 3.18. The van der Waals surface area contributed by atoms with E-state index in [4.69, 9.17) is 0 Å². The zero-order valence-corrected chi connectivity index (χ0v) is 11.8. The van der Waals surface area contributed by atoms with Crippen LogP contribution >= 0.6 is 22.7 Å². The lowest BCUT2D eigenvalue weighted by Gasteiger charge is -2.22. The number of hydrogen-bond acceptors (Lipinski definition) is 2. The molecule has 1 aliphatic rings. The van der Waals surface area contributed by atoms with Crippen LogP contribution < -0.4 is 10.4 Å². The molecule has 91 valence electrons. The third-order valence-corrected chi connectivity index (χ3v) is 5.49. The normalized spacial score (nSPS) is 15.6. The van der Waals surface area contributed by atoms with Gasteiger partial charge < -0.3 is 0 Å². The highest BCUT2D eigenvalue weighted by Gasteiger charge is 2.34. The van der Waals surface area contributed by atoms with E-state index in [0.717, 1.165) is 0 Å². The van der Waals surface area contributed by atoms with E-state index in [0.29, 0.717) is 0 Å². The van der Waals surface area contributed by atoms with Crippen molar-refractivity contribution >= 4 is 34.8 Å². The standard InChI is InChI=1S/C17H11S2/c1-2-6-14-12-17(11-13(14)5-1,15-7-3-9-18-15)16-8-4-10-19-16/h1-11H. The molecule has 0 spiro atoms. The van der Waals surface area contributed by atoms with Crippen LogP contribution in [-0.2, 0) is 5.41 Å². The summed E-state index contributed by atoms with van der Waals surface area (Å²) in [5, 5.41) is 6.78. The molecule has 0 fully saturated rings. The predicted octanol–water partition coefficient (Wildman–Crippen LogP) is 3.25. The first kappa shape index (κ1) is 11.2. The van der Waals surface area contributed by atoms with E-state index in [1.165, 1.54) is 20.2 Å². The van der Waals surface area contributed by atoms with Gasteiger partial charge in [0.05, 0.1) is 5.41 Å². The molecule has 0 atom stereocenters. The Morgan fingerprint density at radius 1 is 0.789 bits per heavy atom. The van der Waals surface area contributed by atoms with Gasteiger partial charge in [-0.1, -0.05) is 42.5 Å². The van der Waals surface area contributed by atoms with E-state index < -0.39 is 0 Å². The summed E-state index contributed by atoms with van der Waals surface area (Å²) in [6.45, 7) is 0. The van der Waals surface area contributed by atoms with Crippen molar-refractivity contribution in [3.8, 4) is 0 Å². The van der Waals surface area contributed by atoms with Gasteiger partial charge in [0.25, 0.3) is 0 Å². The van der Waals surface area contributed by atoms with Crippen LogP contribution in [0.5, 0.6) is 0 Å². The second kappa shape index (κ2) is 4.19. The monoisotopic (exact) mass is 279 g/mol. The van der Waals surface area contributed by atoms with Crippen LogP contribution in [0.2, 0.25) is 0 Å². The largest absolute Gasteiger partial charge is 0.147 e. The second-order valence-corrected chi connectivity index (χ2v) is 6.51. The molecular formula is C17H11S2. The molecule has 0 amide bonds. The molecule has 1 radical (unpaired) electrons. The van der Waals surface area contributed by atoms with Gasteiger partial charge in [0.1, 0.15) is 0 Å². The second-order valence-electron chi connectivity index (χ2n) is 4.62. The molecule has 0 aliphatic heterocycles. The summed E-state index contributed by atoms with van der Waals surface area (Å²) in [7, 11) is 0. The van der Waals surface area contributed by atoms with E-state index >= 15 is 0 Å². The molecule has 1 aromatic carbocycles. The van der Waals surface area contributed by atoms with Crippen LogP contribution in [0.15, 0.2) is 59.3 Å². The minimum Gasteiger partial charge on any atom is -0.147 e. The topological polar surface area (TPSA) is 0 Å². The first-order valence-corrected chi connectivity index (χ1v) is 7.95. The quantitative estimate of drug-likeness (QED) is 0.675. The number of thiophene rings is 2. The first-order valence-electron chi connectivity index (χ1n) is 6.20. The fourth-order valence-corrected chi connectivity index (χ4v) is 4.41. The fraction of sp³-hybridized carbons (Fsp3) is 0.0588. The highest BCUT2D eigenvalue weighted by atomic mass is 32.1. The van der Waals surface area contributed by atoms with Gasteiger partial charge >= 0.3 is 0 Å². The zero-order chi connectivity index (χ0) is 12.7. The minimum atomic E-state index is -0.188. The van der Waals surface area contributed by atoms with Gasteiger partial charge in [-0.25, -0.2) is 0 Å². The molecule has 1 aliphatic carbocycles. The smallest absolute Gasteiger partial charge is 0.0836 e. The van der Waals surface area contributed by atoms with E-state index in [1.54, 1.807) is 22.7 Å². The van der Waals surface area contributed by atoms with Crippen molar-refractivity contribution in [2.24, 2.45) is 0 Å². The molecule has 4 rings (SSSR count). The van der Waals surface area contributed by atoms with Crippen LogP contribution in [0.25, 0.3) is 12.2 Å². The summed E-state index contributed by atoms with van der Waals surface area (Å²) in [6, 6.07) is 17.1. The molecule has 0 saturated heterocycles. The Labute approximate surface area is 120 Å². The molecular weight excluding hydrogens is 268 g/mol. The van der Waals surface area contributed by atoms with Gasteiger partial charge in [-0.15, -0.1) is 22.7 Å². The molecule has 3 aromatic rings. The number of fused-ring (bicyclic) bond motifs is 1. The Morgan fingerprint density at radius 2 is 1.47 bits per heavy atom. The Morgan fingerprint density at radius 3 is 2.05 bits per heavy atom. The lowest BCUT2D eigenvalue weighted by molar-refractivity contribution is 0.983. The van der Waals surface area contributed by atoms with E-state index in [9.17, 15) is 0 Å². The third-order valence-electron chi connectivity index (χ3n) is 3.48. The highest BCUT2D eigenvalue weighted by molar-refractivity contribution is 7.12. The molecule has 2 aromatic heterocycles. The maximum absolute atomic E-state index is 3.72. The van der Waals surface area contributed by atoms with Crippen molar-refractivity contribution in [1.82, 2.24) is 0 Å². The van der Waals surface area contributed by atoms with Crippen molar-refractivity contribution in [1.29, 1.82) is 0 Å². The van der Waals surface area contributed by atoms with E-state index in [-0.39, 0.29) is 5.41 Å². The highest BCUT2D eigenvalue weighted by Crippen LogP contribution is 2.41. The summed E-state index contributed by atoms with van der Waals surface area (Å²) in [5.74, 6) is 0. The van der Waals surface area contributed by atoms with Gasteiger partial charge in [-0.3, -0.25) is 0 Å². The van der Waals surface area contributed by atoms with Crippen LogP contribution in [0, 0.1) is 0 Å². The molecule has 0 N–H and O–H groups in total. The molecule has 19 heavy (non-hydrogen) atoms. The number of rotatable bonds is 2. The lowest BCUT2D eigenvalue weighted by Crippen LogP contribution is -2.19. The van der Waals surface area contributed by atoms with E-state index in [1.807, 2.05) is 0 Å². The Bertz CT molecular complexity index is 737. The average molecular weight is 279 g/mol. The number of hydrogen-bond donors (Lipinski definition) is 0. The molecule has 2 heteroatoms. The summed E-state index contributed by atoms with van der Waals surface area (Å²) < 4.78 is 0. The summed E-state index contributed by atoms with van der Waals surface area (Å²) in [6.07, 6.45) is 6.07. The fourth-order valence-electron chi connectivity index (χ4n) is 2.61. The van der Waals surface area contributed by atoms with Crippen LogP contribution in [0.1, 0.15) is 9.75 Å². The Kier molecular flexibility index (Phi) is 2.47. The molecule has 0 bridgehead atoms. The predicted molar refractivity (Wildman–Crippen MR) is 83.0 cm³/mol. The van der Waals surface area contributed by atoms with Gasteiger partial charge in [-0.2, -0.15) is 0 Å². The number of benzene rings is 1. The minimum absolute atomic E-state index is 0.188. The van der Waals surface area contributed by atoms with Gasteiger partial charge in [-0.05, 0) is 39.4 Å². The third kappa shape index (κ3) is 1.64. The van der Waals surface area contributed by atoms with Crippen molar-refractivity contribution in [3.05, 3.63) is 79.5 Å². The van der Waals surface area contributed by atoms with Gasteiger partial charge in [0.2, 0.25) is 0 Å². The molecule has 0 nitrogen and oxygen atoms in total. The molecule has 0 unspecified atom stereocenters. The maximum Gasteiger partial charge on any atom is 0.0836 e. The van der Waals surface area contributed by atoms with Crippen molar-refractivity contribution < 1.29 is 0 Å².